The Labute approximate surface area is 111 Å². The molecule has 4 N–H and O–H groups in total. The van der Waals surface area contributed by atoms with Crippen molar-refractivity contribution >= 4 is 46.3 Å². The molecule has 17 heavy (non-hydrogen) atoms. The Morgan fingerprint density at radius 1 is 1.59 bits per heavy atom. The molecule has 0 radical (unpaired) electrons. The molecule has 0 saturated carbocycles. The van der Waals surface area contributed by atoms with E-state index in [0.29, 0.717) is 20.1 Å². The number of nitrogen functional groups attached to an aromatic ring is 1. The van der Waals surface area contributed by atoms with Gasteiger partial charge in [0.25, 0.3) is 5.91 Å². The molecule has 2 aromatic heterocycles. The molecule has 0 aromatic carbocycles. The van der Waals surface area contributed by atoms with Crippen molar-refractivity contribution in [2.45, 2.75) is 6.54 Å². The van der Waals surface area contributed by atoms with Crippen molar-refractivity contribution in [3.05, 3.63) is 32.1 Å². The van der Waals surface area contributed by atoms with Gasteiger partial charge in [-0.25, -0.2) is 0 Å². The number of carbonyl (C=O) groups excluding carboxylic acids is 1. The number of nitrogens with zero attached hydrogens (tertiary/aromatic N) is 1. The van der Waals surface area contributed by atoms with Gasteiger partial charge in [0, 0.05) is 12.1 Å². The minimum absolute atomic E-state index is 0.283. The van der Waals surface area contributed by atoms with Gasteiger partial charge in [0.15, 0.2) is 0 Å². The Hall–Kier alpha value is -1.24. The number of hydrogen-bond donors (Lipinski definition) is 3. The molecule has 0 aliphatic rings. The smallest absolute Gasteiger partial charge is 0.253 e. The fourth-order valence-electron chi connectivity index (χ4n) is 1.23. The normalized spacial score (nSPS) is 10.5. The van der Waals surface area contributed by atoms with E-state index < -0.39 is 0 Å². The first-order valence-corrected chi connectivity index (χ1v) is 6.16. The third kappa shape index (κ3) is 2.71. The highest BCUT2D eigenvalue weighted by Gasteiger charge is 2.14. The molecule has 1 amide bonds. The Balaban J connectivity index is 2.03. The number of anilines is 1. The number of aromatic amines is 1. The maximum absolute atomic E-state index is 11.8. The summed E-state index contributed by atoms with van der Waals surface area (Å²) in [6, 6.07) is 1.53. The topological polar surface area (TPSA) is 83.8 Å². The second-order valence-electron chi connectivity index (χ2n) is 3.23. The fourth-order valence-corrected chi connectivity index (χ4v) is 2.69. The van der Waals surface area contributed by atoms with Gasteiger partial charge >= 0.3 is 0 Å². The summed E-state index contributed by atoms with van der Waals surface area (Å²) in [4.78, 5) is 11.8. The Bertz CT molecular complexity index is 551. The molecule has 0 aliphatic carbocycles. The lowest BCUT2D eigenvalue weighted by Gasteiger charge is -2.02. The summed E-state index contributed by atoms with van der Waals surface area (Å²) in [5, 5.41) is 9.01. The lowest BCUT2D eigenvalue weighted by molar-refractivity contribution is 0.0951. The summed E-state index contributed by atoms with van der Waals surface area (Å²) in [7, 11) is 0. The van der Waals surface area contributed by atoms with Crippen LogP contribution in [-0.4, -0.2) is 16.1 Å². The van der Waals surface area contributed by atoms with Crippen LogP contribution in [0.4, 0.5) is 5.82 Å². The average Bonchev–Trinajstić information content (AvgIpc) is 2.81. The molecule has 5 nitrogen and oxygen atoms in total. The molecule has 2 aromatic rings. The standard InChI is InChI=1S/C9H8Cl2N4OS/c10-6-1-5(7(11)17-6)9(16)13-2-4-3-14-15-8(4)12/h1,3H,2H2,(H,13,16)(H3,12,14,15). The van der Waals surface area contributed by atoms with Gasteiger partial charge in [-0.3, -0.25) is 9.89 Å². The molecular weight excluding hydrogens is 283 g/mol. The third-order valence-electron chi connectivity index (χ3n) is 2.09. The van der Waals surface area contributed by atoms with E-state index in [9.17, 15) is 4.79 Å². The van der Waals surface area contributed by atoms with Gasteiger partial charge in [0.05, 0.1) is 16.1 Å². The van der Waals surface area contributed by atoms with Crippen LogP contribution in [0.15, 0.2) is 12.3 Å². The van der Waals surface area contributed by atoms with Gasteiger partial charge in [0.2, 0.25) is 0 Å². The molecule has 2 heterocycles. The first-order valence-electron chi connectivity index (χ1n) is 4.58. The van der Waals surface area contributed by atoms with Crippen molar-refractivity contribution in [3.8, 4) is 0 Å². The molecule has 0 aliphatic heterocycles. The maximum atomic E-state index is 11.8. The van der Waals surface area contributed by atoms with Gasteiger partial charge in [-0.15, -0.1) is 11.3 Å². The summed E-state index contributed by atoms with van der Waals surface area (Å²) in [6.45, 7) is 0.283. The van der Waals surface area contributed by atoms with E-state index >= 15 is 0 Å². The Morgan fingerprint density at radius 3 is 2.88 bits per heavy atom. The molecule has 8 heteroatoms. The molecule has 0 saturated heterocycles. The average molecular weight is 291 g/mol. The van der Waals surface area contributed by atoms with Crippen LogP contribution >= 0.6 is 34.5 Å². The zero-order chi connectivity index (χ0) is 12.4. The highest BCUT2D eigenvalue weighted by atomic mass is 35.5. The minimum Gasteiger partial charge on any atom is -0.384 e. The van der Waals surface area contributed by atoms with E-state index in [2.05, 4.69) is 15.5 Å². The van der Waals surface area contributed by atoms with Gasteiger partial charge in [-0.2, -0.15) is 5.10 Å². The molecule has 0 atom stereocenters. The number of rotatable bonds is 3. The summed E-state index contributed by atoms with van der Waals surface area (Å²) in [6.07, 6.45) is 1.55. The Morgan fingerprint density at radius 2 is 2.35 bits per heavy atom. The zero-order valence-electron chi connectivity index (χ0n) is 8.46. The third-order valence-corrected chi connectivity index (χ3v) is 3.58. The molecule has 0 bridgehead atoms. The number of halogens is 2. The van der Waals surface area contributed by atoms with Gasteiger partial charge in [-0.1, -0.05) is 23.2 Å². The van der Waals surface area contributed by atoms with Crippen molar-refractivity contribution in [1.29, 1.82) is 0 Å². The summed E-state index contributed by atoms with van der Waals surface area (Å²) in [5.74, 6) is 0.137. The van der Waals surface area contributed by atoms with Crippen LogP contribution in [0, 0.1) is 0 Å². The first kappa shape index (κ1) is 12.2. The molecule has 0 fully saturated rings. The number of hydrogen-bond acceptors (Lipinski definition) is 4. The van der Waals surface area contributed by atoms with Crippen molar-refractivity contribution in [1.82, 2.24) is 15.5 Å². The summed E-state index contributed by atoms with van der Waals surface area (Å²) >= 11 is 12.8. The fraction of sp³-hybridized carbons (Fsp3) is 0.111. The van der Waals surface area contributed by atoms with Gasteiger partial charge in [0.1, 0.15) is 10.2 Å². The van der Waals surface area contributed by atoms with Crippen LogP contribution in [-0.2, 0) is 6.54 Å². The number of carbonyl (C=O) groups is 1. The van der Waals surface area contributed by atoms with Crippen LogP contribution in [0.25, 0.3) is 0 Å². The van der Waals surface area contributed by atoms with Crippen molar-refractivity contribution in [2.75, 3.05) is 5.73 Å². The van der Waals surface area contributed by atoms with Crippen LogP contribution in [0.2, 0.25) is 8.67 Å². The second kappa shape index (κ2) is 4.95. The molecular formula is C9H8Cl2N4OS. The van der Waals surface area contributed by atoms with Crippen molar-refractivity contribution in [2.24, 2.45) is 0 Å². The van der Waals surface area contributed by atoms with E-state index in [4.69, 9.17) is 28.9 Å². The highest BCUT2D eigenvalue weighted by molar-refractivity contribution is 7.20. The van der Waals surface area contributed by atoms with Crippen molar-refractivity contribution in [3.63, 3.8) is 0 Å². The monoisotopic (exact) mass is 290 g/mol. The SMILES string of the molecule is Nc1[nH]ncc1CNC(=O)c1cc(Cl)sc1Cl. The summed E-state index contributed by atoms with van der Waals surface area (Å²) < 4.78 is 0.843. The quantitative estimate of drug-likeness (QED) is 0.811. The second-order valence-corrected chi connectivity index (χ2v) is 5.52. The van der Waals surface area contributed by atoms with Crippen LogP contribution in [0.5, 0.6) is 0 Å². The lowest BCUT2D eigenvalue weighted by Crippen LogP contribution is -2.22. The molecule has 90 valence electrons. The minimum atomic E-state index is -0.293. The predicted octanol–water partition coefficient (Wildman–Crippen LogP) is 2.29. The van der Waals surface area contributed by atoms with Crippen molar-refractivity contribution < 1.29 is 4.79 Å². The maximum Gasteiger partial charge on any atom is 0.253 e. The number of amides is 1. The van der Waals surface area contributed by atoms with E-state index in [1.165, 1.54) is 6.07 Å². The number of aromatic nitrogens is 2. The lowest BCUT2D eigenvalue weighted by atomic mass is 10.3. The first-order chi connectivity index (χ1) is 8.08. The largest absolute Gasteiger partial charge is 0.384 e. The van der Waals surface area contributed by atoms with E-state index in [1.807, 2.05) is 0 Å². The molecule has 0 unspecified atom stereocenters. The Kier molecular flexibility index (Phi) is 3.56. The van der Waals surface area contributed by atoms with Gasteiger partial charge in [-0.05, 0) is 6.07 Å². The van der Waals surface area contributed by atoms with E-state index in [1.54, 1.807) is 6.20 Å². The van der Waals surface area contributed by atoms with Crippen LogP contribution in [0.1, 0.15) is 15.9 Å². The van der Waals surface area contributed by atoms with Crippen LogP contribution < -0.4 is 11.1 Å². The van der Waals surface area contributed by atoms with Gasteiger partial charge < -0.3 is 11.1 Å². The number of H-pyrrole nitrogens is 1. The zero-order valence-corrected chi connectivity index (χ0v) is 10.8. The van der Waals surface area contributed by atoms with Crippen LogP contribution in [0.3, 0.4) is 0 Å². The number of nitrogens with one attached hydrogen (secondary N) is 2. The predicted molar refractivity (Wildman–Crippen MR) is 68.5 cm³/mol. The molecule has 2 rings (SSSR count). The summed E-state index contributed by atoms with van der Waals surface area (Å²) in [5.41, 5.74) is 6.67. The number of thiophene rings is 1. The highest BCUT2D eigenvalue weighted by Crippen LogP contribution is 2.30. The number of nitrogens with two attached hydrogens (primary N) is 1. The molecule has 0 spiro atoms. The van der Waals surface area contributed by atoms with E-state index in [0.717, 1.165) is 16.9 Å². The van der Waals surface area contributed by atoms with E-state index in [-0.39, 0.29) is 12.5 Å².